The lowest BCUT2D eigenvalue weighted by Crippen LogP contribution is -2.39. The highest BCUT2D eigenvalue weighted by atomic mass is 19.4. The molecule has 0 aliphatic carbocycles. The van der Waals surface area contributed by atoms with Crippen molar-refractivity contribution in [2.24, 2.45) is 7.05 Å². The predicted octanol–water partition coefficient (Wildman–Crippen LogP) is 6.16. The first-order valence-electron chi connectivity index (χ1n) is 13.0. The SMILES string of the molecule is CCOC(=O)C(C)(C)Oc1ccc(CN(Cc2nc(-c3ccc(C(F)(F)F)cc3)nn2C)C(=O)OC(C)(C)C)cc1. The van der Waals surface area contributed by atoms with E-state index in [1.54, 1.807) is 72.9 Å². The second-order valence-corrected chi connectivity index (χ2v) is 10.9. The molecule has 3 aromatic rings. The lowest BCUT2D eigenvalue weighted by Gasteiger charge is -2.27. The van der Waals surface area contributed by atoms with Gasteiger partial charge in [-0.05, 0) is 71.4 Å². The number of aromatic nitrogens is 3. The van der Waals surface area contributed by atoms with Gasteiger partial charge in [0.2, 0.25) is 0 Å². The van der Waals surface area contributed by atoms with Crippen molar-refractivity contribution in [1.82, 2.24) is 19.7 Å². The van der Waals surface area contributed by atoms with Crippen molar-refractivity contribution >= 4 is 12.1 Å². The first-order chi connectivity index (χ1) is 19.0. The van der Waals surface area contributed by atoms with Gasteiger partial charge in [-0.1, -0.05) is 24.3 Å². The van der Waals surface area contributed by atoms with Crippen molar-refractivity contribution in [3.63, 3.8) is 0 Å². The summed E-state index contributed by atoms with van der Waals surface area (Å²) < 4.78 is 56.8. The molecule has 2 aromatic carbocycles. The van der Waals surface area contributed by atoms with Gasteiger partial charge in [0.25, 0.3) is 0 Å². The Morgan fingerprint density at radius 3 is 2.07 bits per heavy atom. The molecule has 0 atom stereocenters. The average Bonchev–Trinajstić information content (AvgIpc) is 3.23. The van der Waals surface area contributed by atoms with Crippen LogP contribution < -0.4 is 4.74 Å². The van der Waals surface area contributed by atoms with Crippen molar-refractivity contribution in [2.75, 3.05) is 6.61 Å². The number of aryl methyl sites for hydroxylation is 1. The van der Waals surface area contributed by atoms with E-state index >= 15 is 0 Å². The molecule has 0 aliphatic rings. The van der Waals surface area contributed by atoms with Crippen LogP contribution in [0, 0.1) is 0 Å². The lowest BCUT2D eigenvalue weighted by atomic mass is 10.1. The largest absolute Gasteiger partial charge is 0.476 e. The summed E-state index contributed by atoms with van der Waals surface area (Å²) >= 11 is 0. The number of esters is 1. The van der Waals surface area contributed by atoms with E-state index in [1.165, 1.54) is 21.7 Å². The van der Waals surface area contributed by atoms with Gasteiger partial charge in [-0.2, -0.15) is 18.3 Å². The highest BCUT2D eigenvalue weighted by Crippen LogP contribution is 2.30. The first kappa shape index (κ1) is 31.4. The molecule has 12 heteroatoms. The number of hydrogen-bond donors (Lipinski definition) is 0. The van der Waals surface area contributed by atoms with E-state index in [2.05, 4.69) is 10.1 Å². The Hall–Kier alpha value is -4.09. The zero-order valence-electron chi connectivity index (χ0n) is 24.2. The summed E-state index contributed by atoms with van der Waals surface area (Å²) in [6.45, 7) is 10.6. The average molecular weight is 577 g/mol. The molecule has 9 nitrogen and oxygen atoms in total. The molecule has 0 unspecified atom stereocenters. The lowest BCUT2D eigenvalue weighted by molar-refractivity contribution is -0.158. The van der Waals surface area contributed by atoms with Crippen molar-refractivity contribution in [1.29, 1.82) is 0 Å². The third-order valence-corrected chi connectivity index (χ3v) is 5.74. The molecule has 41 heavy (non-hydrogen) atoms. The van der Waals surface area contributed by atoms with Crippen LogP contribution in [0.4, 0.5) is 18.0 Å². The van der Waals surface area contributed by atoms with Crippen LogP contribution in [0.3, 0.4) is 0 Å². The highest BCUT2D eigenvalue weighted by molar-refractivity contribution is 5.79. The van der Waals surface area contributed by atoms with Crippen LogP contribution in [0.5, 0.6) is 5.75 Å². The van der Waals surface area contributed by atoms with E-state index in [1.807, 2.05) is 0 Å². The van der Waals surface area contributed by atoms with Crippen LogP contribution in [0.15, 0.2) is 48.5 Å². The number of carbonyl (C=O) groups is 2. The number of hydrogen-bond acceptors (Lipinski definition) is 7. The summed E-state index contributed by atoms with van der Waals surface area (Å²) in [6, 6.07) is 11.5. The first-order valence-corrected chi connectivity index (χ1v) is 13.0. The van der Waals surface area contributed by atoms with E-state index in [9.17, 15) is 22.8 Å². The van der Waals surface area contributed by atoms with Gasteiger partial charge < -0.3 is 14.2 Å². The van der Waals surface area contributed by atoms with Crippen LogP contribution in [0.1, 0.15) is 58.5 Å². The number of halogens is 3. The van der Waals surface area contributed by atoms with E-state index < -0.39 is 35.0 Å². The summed E-state index contributed by atoms with van der Waals surface area (Å²) in [5.74, 6) is 0.595. The van der Waals surface area contributed by atoms with E-state index in [4.69, 9.17) is 14.2 Å². The molecule has 1 aromatic heterocycles. The van der Waals surface area contributed by atoms with Crippen LogP contribution in [0.2, 0.25) is 0 Å². The van der Waals surface area contributed by atoms with Crippen LogP contribution in [-0.4, -0.2) is 49.5 Å². The molecular weight excluding hydrogens is 541 g/mol. The topological polar surface area (TPSA) is 95.8 Å². The molecule has 0 saturated carbocycles. The number of nitrogens with zero attached hydrogens (tertiary/aromatic N) is 4. The number of rotatable bonds is 9. The standard InChI is InChI=1S/C29H35F3N4O5/c1-8-39-25(37)28(5,6)40-22-15-9-19(10-16-22)17-36(26(38)41-27(2,3)4)18-23-33-24(34-35(23)7)20-11-13-21(14-12-20)29(30,31)32/h9-16H,8,17-18H2,1-7H3. The summed E-state index contributed by atoms with van der Waals surface area (Å²) in [5.41, 5.74) is -1.55. The van der Waals surface area contributed by atoms with Gasteiger partial charge >= 0.3 is 18.2 Å². The van der Waals surface area contributed by atoms with Gasteiger partial charge in [0, 0.05) is 19.2 Å². The molecule has 0 spiro atoms. The zero-order valence-corrected chi connectivity index (χ0v) is 24.2. The molecule has 0 fully saturated rings. The number of benzene rings is 2. The van der Waals surface area contributed by atoms with Crippen LogP contribution in [0.25, 0.3) is 11.4 Å². The number of amides is 1. The van der Waals surface area contributed by atoms with E-state index in [0.717, 1.165) is 17.7 Å². The maximum Gasteiger partial charge on any atom is 0.416 e. The second-order valence-electron chi connectivity index (χ2n) is 10.9. The number of carbonyl (C=O) groups excluding carboxylic acids is 2. The maximum atomic E-state index is 13.1. The molecule has 1 heterocycles. The highest BCUT2D eigenvalue weighted by Gasteiger charge is 2.32. The van der Waals surface area contributed by atoms with Crippen molar-refractivity contribution in [2.45, 2.75) is 72.0 Å². The summed E-state index contributed by atoms with van der Waals surface area (Å²) in [6.07, 6.45) is -5.03. The molecular formula is C29H35F3N4O5. The molecule has 1 amide bonds. The fraction of sp³-hybridized carbons (Fsp3) is 0.448. The second kappa shape index (κ2) is 12.2. The van der Waals surface area contributed by atoms with Gasteiger partial charge in [-0.25, -0.2) is 14.6 Å². The molecule has 0 N–H and O–H groups in total. The summed E-state index contributed by atoms with van der Waals surface area (Å²) in [5, 5.41) is 4.33. The minimum atomic E-state index is -4.45. The Morgan fingerprint density at radius 1 is 0.927 bits per heavy atom. The Bertz CT molecular complexity index is 1340. The Balaban J connectivity index is 1.81. The molecule has 0 saturated heterocycles. The Morgan fingerprint density at radius 2 is 1.54 bits per heavy atom. The van der Waals surface area contributed by atoms with Gasteiger partial charge in [0.15, 0.2) is 11.4 Å². The molecule has 0 aliphatic heterocycles. The Labute approximate surface area is 237 Å². The van der Waals surface area contributed by atoms with Crippen LogP contribution >= 0.6 is 0 Å². The minimum Gasteiger partial charge on any atom is -0.476 e. The predicted molar refractivity (Wildman–Crippen MR) is 145 cm³/mol. The fourth-order valence-electron chi connectivity index (χ4n) is 3.69. The molecule has 3 rings (SSSR count). The smallest absolute Gasteiger partial charge is 0.416 e. The quantitative estimate of drug-likeness (QED) is 0.282. The fourth-order valence-corrected chi connectivity index (χ4v) is 3.69. The molecule has 0 radical (unpaired) electrons. The van der Waals surface area contributed by atoms with Gasteiger partial charge in [-0.3, -0.25) is 9.58 Å². The normalized spacial score (nSPS) is 12.1. The summed E-state index contributed by atoms with van der Waals surface area (Å²) in [7, 11) is 1.64. The Kier molecular flexibility index (Phi) is 9.35. The van der Waals surface area contributed by atoms with Gasteiger partial charge in [0.1, 0.15) is 17.2 Å². The van der Waals surface area contributed by atoms with E-state index in [0.29, 0.717) is 17.1 Å². The van der Waals surface area contributed by atoms with Crippen molar-refractivity contribution in [3.05, 3.63) is 65.5 Å². The van der Waals surface area contributed by atoms with Gasteiger partial charge in [0.05, 0.1) is 18.7 Å². The van der Waals surface area contributed by atoms with Crippen molar-refractivity contribution in [3.8, 4) is 17.1 Å². The third-order valence-electron chi connectivity index (χ3n) is 5.74. The molecule has 222 valence electrons. The maximum absolute atomic E-state index is 13.1. The minimum absolute atomic E-state index is 0.0210. The van der Waals surface area contributed by atoms with Crippen LogP contribution in [-0.2, 0) is 40.6 Å². The third kappa shape index (κ3) is 8.70. The van der Waals surface area contributed by atoms with E-state index in [-0.39, 0.29) is 25.5 Å². The summed E-state index contributed by atoms with van der Waals surface area (Å²) in [4.78, 5) is 31.2. The van der Waals surface area contributed by atoms with Crippen molar-refractivity contribution < 1.29 is 37.0 Å². The zero-order chi connectivity index (χ0) is 30.6. The number of alkyl halides is 3. The monoisotopic (exact) mass is 576 g/mol. The van der Waals surface area contributed by atoms with Gasteiger partial charge in [-0.15, -0.1) is 0 Å². The number of ether oxygens (including phenoxy) is 3. The molecule has 0 bridgehead atoms.